The van der Waals surface area contributed by atoms with Gasteiger partial charge in [-0.1, -0.05) is 97.0 Å². The van der Waals surface area contributed by atoms with Crippen LogP contribution in [0.1, 0.15) is 8.22 Å². The Bertz CT molecular complexity index is 2840. The lowest BCUT2D eigenvalue weighted by Crippen LogP contribution is -2.00. The van der Waals surface area contributed by atoms with E-state index in [2.05, 4.69) is 0 Å². The molecule has 0 spiro atoms. The fourth-order valence-electron chi connectivity index (χ4n) is 5.45. The Morgan fingerprint density at radius 3 is 1.84 bits per heavy atom. The lowest BCUT2D eigenvalue weighted by molar-refractivity contribution is 0.668. The third-order valence-corrected chi connectivity index (χ3v) is 7.60. The molecule has 5 heteroatoms. The molecule has 3 aromatic heterocycles. The molecule has 9 aromatic rings. The number of nitrogens with zero attached hydrogens (tertiary/aromatic N) is 3. The summed E-state index contributed by atoms with van der Waals surface area (Å²) < 4.78 is 66.4. The minimum absolute atomic E-state index is 0.00670. The fourth-order valence-corrected chi connectivity index (χ4v) is 5.45. The molecule has 0 unspecified atom stereocenters. The average molecular weight is 572 g/mol. The third kappa shape index (κ3) is 4.06. The van der Waals surface area contributed by atoms with E-state index in [1.54, 1.807) is 24.3 Å². The second-order valence-corrected chi connectivity index (χ2v) is 10.4. The van der Waals surface area contributed by atoms with E-state index in [-0.39, 0.29) is 81.0 Å². The number of hydrogen-bond acceptors (Lipinski definition) is 5. The standard InChI is InChI=1S/C39H23N3O2/c1-3-9-24(10-4-1)26-17-20-34-32(21-26)31-19-16-28(23-36(31)44-34)39-41-37(25-11-5-2-6-12-25)40-38(42-39)27-15-18-30-29-13-7-8-14-33(29)43-35(30)22-27/h1-23H/i16D,17D,19D,20D,21D,23D. The Hall–Kier alpha value is -6.07. The molecule has 9 rings (SSSR count). The zero-order valence-electron chi connectivity index (χ0n) is 29.0. The van der Waals surface area contributed by atoms with E-state index in [0.717, 1.165) is 16.4 Å². The van der Waals surface area contributed by atoms with Crippen molar-refractivity contribution in [3.8, 4) is 45.3 Å². The lowest BCUT2D eigenvalue weighted by Gasteiger charge is -2.08. The van der Waals surface area contributed by atoms with Gasteiger partial charge in [0, 0.05) is 38.2 Å². The molecule has 0 saturated heterocycles. The predicted octanol–water partition coefficient (Wildman–Crippen LogP) is 10.3. The van der Waals surface area contributed by atoms with Crippen LogP contribution in [0.4, 0.5) is 0 Å². The molecule has 0 radical (unpaired) electrons. The summed E-state index contributed by atoms with van der Waals surface area (Å²) in [4.78, 5) is 14.2. The van der Waals surface area contributed by atoms with E-state index in [0.29, 0.717) is 28.1 Å². The highest BCUT2D eigenvalue weighted by Gasteiger charge is 2.16. The van der Waals surface area contributed by atoms with Crippen LogP contribution in [0.25, 0.3) is 89.2 Å². The smallest absolute Gasteiger partial charge is 0.164 e. The van der Waals surface area contributed by atoms with Gasteiger partial charge in [-0.15, -0.1) is 0 Å². The minimum atomic E-state index is -0.337. The average Bonchev–Trinajstić information content (AvgIpc) is 3.74. The monoisotopic (exact) mass is 571 g/mol. The molecule has 206 valence electrons. The molecule has 0 atom stereocenters. The Morgan fingerprint density at radius 1 is 0.386 bits per heavy atom. The maximum atomic E-state index is 9.30. The third-order valence-electron chi connectivity index (χ3n) is 7.60. The molecule has 0 saturated carbocycles. The van der Waals surface area contributed by atoms with E-state index >= 15 is 0 Å². The van der Waals surface area contributed by atoms with Crippen LogP contribution in [0.5, 0.6) is 0 Å². The van der Waals surface area contributed by atoms with Crippen LogP contribution in [0.15, 0.2) is 148 Å². The van der Waals surface area contributed by atoms with Gasteiger partial charge >= 0.3 is 0 Å². The van der Waals surface area contributed by atoms with Gasteiger partial charge in [-0.3, -0.25) is 0 Å². The zero-order chi connectivity index (χ0) is 34.3. The van der Waals surface area contributed by atoms with Gasteiger partial charge in [0.1, 0.15) is 22.3 Å². The van der Waals surface area contributed by atoms with Crippen LogP contribution in [-0.4, -0.2) is 15.0 Å². The second kappa shape index (κ2) is 9.75. The number of para-hydroxylation sites is 1. The first-order chi connectivity index (χ1) is 24.3. The van der Waals surface area contributed by atoms with Crippen molar-refractivity contribution < 1.29 is 17.1 Å². The largest absolute Gasteiger partial charge is 0.456 e. The molecule has 3 heterocycles. The van der Waals surface area contributed by atoms with Gasteiger partial charge in [0.2, 0.25) is 0 Å². The Labute approximate surface area is 260 Å². The lowest BCUT2D eigenvalue weighted by atomic mass is 10.0. The number of fused-ring (bicyclic) bond motifs is 6. The van der Waals surface area contributed by atoms with E-state index in [1.165, 1.54) is 0 Å². The van der Waals surface area contributed by atoms with Gasteiger partial charge in [-0.2, -0.15) is 0 Å². The van der Waals surface area contributed by atoms with E-state index < -0.39 is 0 Å². The maximum Gasteiger partial charge on any atom is 0.164 e. The maximum absolute atomic E-state index is 9.30. The van der Waals surface area contributed by atoms with Crippen molar-refractivity contribution >= 4 is 43.9 Å². The van der Waals surface area contributed by atoms with Crippen molar-refractivity contribution in [3.05, 3.63) is 139 Å². The van der Waals surface area contributed by atoms with Gasteiger partial charge < -0.3 is 8.83 Å². The van der Waals surface area contributed by atoms with Gasteiger partial charge in [0.05, 0.1) is 8.22 Å². The molecular formula is C39H23N3O2. The molecule has 5 nitrogen and oxygen atoms in total. The predicted molar refractivity (Wildman–Crippen MR) is 176 cm³/mol. The molecule has 0 amide bonds. The van der Waals surface area contributed by atoms with Crippen molar-refractivity contribution in [1.29, 1.82) is 0 Å². The summed E-state index contributed by atoms with van der Waals surface area (Å²) in [5, 5.41) is 2.09. The van der Waals surface area contributed by atoms with Crippen molar-refractivity contribution in [1.82, 2.24) is 15.0 Å². The zero-order valence-corrected chi connectivity index (χ0v) is 23.0. The van der Waals surface area contributed by atoms with Crippen molar-refractivity contribution in [3.63, 3.8) is 0 Å². The summed E-state index contributed by atoms with van der Waals surface area (Å²) in [5.74, 6) is 0.575. The topological polar surface area (TPSA) is 65.0 Å². The molecule has 0 bridgehead atoms. The summed E-state index contributed by atoms with van der Waals surface area (Å²) in [5.41, 5.74) is 3.25. The van der Waals surface area contributed by atoms with Crippen molar-refractivity contribution in [2.75, 3.05) is 0 Å². The first-order valence-corrected chi connectivity index (χ1v) is 14.0. The van der Waals surface area contributed by atoms with Crippen LogP contribution >= 0.6 is 0 Å². The fraction of sp³-hybridized carbons (Fsp3) is 0. The number of benzene rings is 6. The number of aromatic nitrogens is 3. The number of rotatable bonds is 4. The molecule has 6 aromatic carbocycles. The van der Waals surface area contributed by atoms with Gasteiger partial charge in [-0.25, -0.2) is 15.0 Å². The van der Waals surface area contributed by atoms with Crippen LogP contribution < -0.4 is 0 Å². The quantitative estimate of drug-likeness (QED) is 0.210. The molecule has 0 aliphatic carbocycles. The summed E-state index contributed by atoms with van der Waals surface area (Å²) in [6.45, 7) is 0. The molecule has 0 N–H and O–H groups in total. The van der Waals surface area contributed by atoms with Crippen LogP contribution in [0, 0.1) is 0 Å². The Kier molecular flexibility index (Phi) is 4.25. The summed E-state index contributed by atoms with van der Waals surface area (Å²) in [6, 6.07) is 30.1. The molecule has 0 aliphatic heterocycles. The van der Waals surface area contributed by atoms with Crippen LogP contribution in [0.2, 0.25) is 0 Å². The first-order valence-electron chi connectivity index (χ1n) is 17.0. The summed E-state index contributed by atoms with van der Waals surface area (Å²) in [7, 11) is 0. The van der Waals surface area contributed by atoms with E-state index in [1.807, 2.05) is 78.9 Å². The van der Waals surface area contributed by atoms with Gasteiger partial charge in [0.15, 0.2) is 17.5 Å². The second-order valence-electron chi connectivity index (χ2n) is 10.4. The highest BCUT2D eigenvalue weighted by Crippen LogP contribution is 2.36. The SMILES string of the molecule is [2H]c1c(-c2ccccc2)c([2H])c2c(oc3c([2H])c(-c4nc(-c5ccccc5)nc(-c5ccc6c(c5)oc5ccccc56)n4)c([2H])c([2H])c32)c1[2H]. The van der Waals surface area contributed by atoms with Crippen molar-refractivity contribution in [2.24, 2.45) is 0 Å². The van der Waals surface area contributed by atoms with E-state index in [4.69, 9.17) is 30.6 Å². The van der Waals surface area contributed by atoms with Gasteiger partial charge in [0.25, 0.3) is 0 Å². The highest BCUT2D eigenvalue weighted by atomic mass is 16.3. The minimum Gasteiger partial charge on any atom is -0.456 e. The van der Waals surface area contributed by atoms with Crippen molar-refractivity contribution in [2.45, 2.75) is 0 Å². The Balaban J connectivity index is 1.30. The first kappa shape index (κ1) is 19.2. The van der Waals surface area contributed by atoms with Gasteiger partial charge in [-0.05, 0) is 53.5 Å². The molecular weight excluding hydrogens is 542 g/mol. The van der Waals surface area contributed by atoms with E-state index in [9.17, 15) is 1.37 Å². The highest BCUT2D eigenvalue weighted by molar-refractivity contribution is 6.07. The normalized spacial score (nSPS) is 13.5. The molecule has 0 fully saturated rings. The Morgan fingerprint density at radius 2 is 1.02 bits per heavy atom. The number of furan rings is 2. The molecule has 44 heavy (non-hydrogen) atoms. The van der Waals surface area contributed by atoms with Crippen LogP contribution in [-0.2, 0) is 0 Å². The van der Waals surface area contributed by atoms with Crippen LogP contribution in [0.3, 0.4) is 0 Å². The number of hydrogen-bond donors (Lipinski definition) is 0. The summed E-state index contributed by atoms with van der Waals surface area (Å²) >= 11 is 0. The summed E-state index contributed by atoms with van der Waals surface area (Å²) in [6.07, 6.45) is 0. The molecule has 0 aliphatic rings.